The van der Waals surface area contributed by atoms with Crippen molar-refractivity contribution in [3.05, 3.63) is 36.5 Å². The summed E-state index contributed by atoms with van der Waals surface area (Å²) in [4.78, 5) is 18.6. The lowest BCUT2D eigenvalue weighted by atomic mass is 10.2. The first-order valence-corrected chi connectivity index (χ1v) is 7.21. The van der Waals surface area contributed by atoms with Gasteiger partial charge in [-0.3, -0.25) is 4.98 Å². The van der Waals surface area contributed by atoms with Crippen molar-refractivity contribution in [3.63, 3.8) is 0 Å². The van der Waals surface area contributed by atoms with E-state index in [9.17, 15) is 4.79 Å². The highest BCUT2D eigenvalue weighted by Gasteiger charge is 2.20. The fraction of sp³-hybridized carbons (Fsp3) is 0.286. The number of hydrogen-bond acceptors (Lipinski definition) is 4. The van der Waals surface area contributed by atoms with Gasteiger partial charge in [0.1, 0.15) is 6.61 Å². The van der Waals surface area contributed by atoms with E-state index in [1.54, 1.807) is 16.7 Å². The Labute approximate surface area is 115 Å². The van der Waals surface area contributed by atoms with Gasteiger partial charge >= 0.3 is 6.09 Å². The van der Waals surface area contributed by atoms with Gasteiger partial charge in [-0.25, -0.2) is 4.79 Å². The highest BCUT2D eigenvalue weighted by Crippen LogP contribution is 2.26. The predicted octanol–water partition coefficient (Wildman–Crippen LogP) is 2.78. The number of carbonyl (C=O) groups excluding carboxylic acids is 1. The molecule has 0 N–H and O–H groups in total. The third-order valence-electron chi connectivity index (χ3n) is 3.07. The van der Waals surface area contributed by atoms with Crippen LogP contribution < -0.4 is 0 Å². The zero-order valence-corrected chi connectivity index (χ0v) is 11.2. The second-order valence-electron chi connectivity index (χ2n) is 4.28. The van der Waals surface area contributed by atoms with Gasteiger partial charge in [-0.15, -0.1) is 11.8 Å². The lowest BCUT2D eigenvalue weighted by Gasteiger charge is -2.12. The van der Waals surface area contributed by atoms with Crippen LogP contribution in [0.25, 0.3) is 10.9 Å². The number of amides is 1. The molecular weight excluding hydrogens is 260 g/mol. The number of ether oxygens (including phenoxy) is 1. The number of para-hydroxylation sites is 1. The van der Waals surface area contributed by atoms with Crippen molar-refractivity contribution >= 4 is 28.8 Å². The summed E-state index contributed by atoms with van der Waals surface area (Å²) in [5.74, 6) is 0.864. The number of rotatable bonds is 4. The molecule has 1 fully saturated rings. The Bertz CT molecular complexity index is 598. The van der Waals surface area contributed by atoms with Crippen LogP contribution in [0.1, 0.15) is 0 Å². The van der Waals surface area contributed by atoms with Gasteiger partial charge in [0, 0.05) is 28.8 Å². The molecule has 0 unspecified atom stereocenters. The van der Waals surface area contributed by atoms with E-state index >= 15 is 0 Å². The molecule has 1 aliphatic rings. The molecule has 0 spiro atoms. The molecule has 3 rings (SSSR count). The smallest absolute Gasteiger partial charge is 0.409 e. The van der Waals surface area contributed by atoms with E-state index in [0.29, 0.717) is 13.2 Å². The number of nitrogens with zero attached hydrogens (tertiary/aromatic N) is 2. The van der Waals surface area contributed by atoms with Gasteiger partial charge in [-0.1, -0.05) is 18.2 Å². The van der Waals surface area contributed by atoms with Crippen LogP contribution in [-0.4, -0.2) is 41.4 Å². The normalized spacial score (nSPS) is 14.9. The summed E-state index contributed by atoms with van der Waals surface area (Å²) in [6, 6.07) is 10.1. The number of pyridine rings is 1. The van der Waals surface area contributed by atoms with Crippen LogP contribution in [0.3, 0.4) is 0 Å². The zero-order valence-electron chi connectivity index (χ0n) is 10.4. The third-order valence-corrected chi connectivity index (χ3v) is 4.13. The molecule has 1 aliphatic heterocycles. The van der Waals surface area contributed by atoms with Gasteiger partial charge in [0.25, 0.3) is 0 Å². The Morgan fingerprint density at radius 2 is 2.21 bits per heavy atom. The van der Waals surface area contributed by atoms with E-state index in [4.69, 9.17) is 4.74 Å². The van der Waals surface area contributed by atoms with Gasteiger partial charge in [0.2, 0.25) is 0 Å². The largest absolute Gasteiger partial charge is 0.448 e. The molecule has 2 aromatic rings. The summed E-state index contributed by atoms with van der Waals surface area (Å²) in [6.45, 7) is 1.94. The van der Waals surface area contributed by atoms with Crippen molar-refractivity contribution in [2.75, 3.05) is 25.4 Å². The molecule has 19 heavy (non-hydrogen) atoms. The Morgan fingerprint density at radius 3 is 3.05 bits per heavy atom. The van der Waals surface area contributed by atoms with Crippen LogP contribution in [0.15, 0.2) is 41.4 Å². The lowest BCUT2D eigenvalue weighted by Crippen LogP contribution is -2.26. The Morgan fingerprint density at radius 1 is 1.32 bits per heavy atom. The van der Waals surface area contributed by atoms with Gasteiger partial charge in [0.05, 0.1) is 12.1 Å². The highest BCUT2D eigenvalue weighted by atomic mass is 32.2. The molecule has 98 valence electrons. The minimum Gasteiger partial charge on any atom is -0.448 e. The van der Waals surface area contributed by atoms with Crippen LogP contribution in [0.2, 0.25) is 0 Å². The van der Waals surface area contributed by atoms with Crippen molar-refractivity contribution in [2.45, 2.75) is 4.90 Å². The molecule has 1 aromatic carbocycles. The summed E-state index contributed by atoms with van der Waals surface area (Å²) in [6.07, 6.45) is 1.63. The lowest BCUT2D eigenvalue weighted by molar-refractivity contribution is 0.160. The summed E-state index contributed by atoms with van der Waals surface area (Å²) < 4.78 is 4.91. The van der Waals surface area contributed by atoms with Crippen LogP contribution >= 0.6 is 11.8 Å². The standard InChI is InChI=1S/C14H14N2O2S/c17-14-16(7-9-18-14)8-10-19-13-5-6-15-12-4-2-1-3-11(12)13/h1-6H,7-10H2. The molecule has 0 radical (unpaired) electrons. The Balaban J connectivity index is 1.67. The quantitative estimate of drug-likeness (QED) is 0.804. The van der Waals surface area contributed by atoms with E-state index in [2.05, 4.69) is 11.1 Å². The summed E-state index contributed by atoms with van der Waals surface area (Å²) in [5.41, 5.74) is 1.01. The van der Waals surface area contributed by atoms with Crippen LogP contribution in [0, 0.1) is 0 Å². The number of benzene rings is 1. The molecule has 0 atom stereocenters. The van der Waals surface area contributed by atoms with Crippen LogP contribution in [0.4, 0.5) is 4.79 Å². The third kappa shape index (κ3) is 2.66. The summed E-state index contributed by atoms with van der Waals surface area (Å²) >= 11 is 1.75. The summed E-state index contributed by atoms with van der Waals surface area (Å²) in [7, 11) is 0. The van der Waals surface area contributed by atoms with Crippen molar-refractivity contribution < 1.29 is 9.53 Å². The van der Waals surface area contributed by atoms with E-state index in [0.717, 1.165) is 17.8 Å². The second-order valence-corrected chi connectivity index (χ2v) is 5.41. The van der Waals surface area contributed by atoms with Crippen molar-refractivity contribution in [2.24, 2.45) is 0 Å². The van der Waals surface area contributed by atoms with Crippen molar-refractivity contribution in [1.29, 1.82) is 0 Å². The summed E-state index contributed by atoms with van der Waals surface area (Å²) in [5, 5.41) is 1.17. The first-order chi connectivity index (χ1) is 9.34. The van der Waals surface area contributed by atoms with Crippen molar-refractivity contribution in [3.8, 4) is 0 Å². The fourth-order valence-corrected chi connectivity index (χ4v) is 3.11. The van der Waals surface area contributed by atoms with Crippen LogP contribution in [0.5, 0.6) is 0 Å². The molecule has 2 heterocycles. The SMILES string of the molecule is O=C1OCCN1CCSc1ccnc2ccccc12. The number of aromatic nitrogens is 1. The molecule has 5 heteroatoms. The Hall–Kier alpha value is -1.75. The molecule has 1 aromatic heterocycles. The van der Waals surface area contributed by atoms with E-state index in [1.807, 2.05) is 30.5 Å². The van der Waals surface area contributed by atoms with E-state index in [-0.39, 0.29) is 6.09 Å². The predicted molar refractivity (Wildman–Crippen MR) is 75.4 cm³/mol. The fourth-order valence-electron chi connectivity index (χ4n) is 2.09. The number of carbonyl (C=O) groups is 1. The molecule has 0 saturated carbocycles. The minimum absolute atomic E-state index is 0.194. The molecule has 1 saturated heterocycles. The minimum atomic E-state index is -0.194. The monoisotopic (exact) mass is 274 g/mol. The van der Waals surface area contributed by atoms with E-state index in [1.165, 1.54) is 10.3 Å². The van der Waals surface area contributed by atoms with Gasteiger partial charge < -0.3 is 9.64 Å². The highest BCUT2D eigenvalue weighted by molar-refractivity contribution is 7.99. The second kappa shape index (κ2) is 5.48. The average molecular weight is 274 g/mol. The first-order valence-electron chi connectivity index (χ1n) is 6.23. The first kappa shape index (κ1) is 12.3. The van der Waals surface area contributed by atoms with Gasteiger partial charge in [-0.05, 0) is 12.1 Å². The van der Waals surface area contributed by atoms with Gasteiger partial charge in [0.15, 0.2) is 0 Å². The molecular formula is C14H14N2O2S. The van der Waals surface area contributed by atoms with Crippen molar-refractivity contribution in [1.82, 2.24) is 9.88 Å². The topological polar surface area (TPSA) is 42.4 Å². The maximum atomic E-state index is 11.3. The maximum absolute atomic E-state index is 11.3. The molecule has 1 amide bonds. The number of hydrogen-bond donors (Lipinski definition) is 0. The Kier molecular flexibility index (Phi) is 3.55. The zero-order chi connectivity index (χ0) is 13.1. The number of cyclic esters (lactones) is 1. The molecule has 0 bridgehead atoms. The number of thioether (sulfide) groups is 1. The van der Waals surface area contributed by atoms with E-state index < -0.39 is 0 Å². The molecule has 4 nitrogen and oxygen atoms in total. The van der Waals surface area contributed by atoms with Gasteiger partial charge in [-0.2, -0.15) is 0 Å². The van der Waals surface area contributed by atoms with Crippen LogP contribution in [-0.2, 0) is 4.74 Å². The molecule has 0 aliphatic carbocycles. The average Bonchev–Trinajstić information content (AvgIpc) is 2.85. The maximum Gasteiger partial charge on any atom is 0.409 e. The number of fused-ring (bicyclic) bond motifs is 1.